The van der Waals surface area contributed by atoms with Crippen LogP contribution in [0, 0.1) is 5.92 Å². The summed E-state index contributed by atoms with van der Waals surface area (Å²) in [5.41, 5.74) is 1.14. The third kappa shape index (κ3) is 3.72. The van der Waals surface area contributed by atoms with E-state index in [-0.39, 0.29) is 11.0 Å². The maximum Gasteiger partial charge on any atom is 0.142 e. The van der Waals surface area contributed by atoms with Crippen molar-refractivity contribution in [3.05, 3.63) is 17.5 Å². The van der Waals surface area contributed by atoms with Crippen LogP contribution in [0.4, 0.5) is 0 Å². The molecule has 0 aromatic carbocycles. The number of aromatic nitrogens is 1. The molecule has 0 bridgehead atoms. The highest BCUT2D eigenvalue weighted by molar-refractivity contribution is 5.16. The predicted molar refractivity (Wildman–Crippen MR) is 87.0 cm³/mol. The van der Waals surface area contributed by atoms with Crippen LogP contribution in [0.1, 0.15) is 64.3 Å². The summed E-state index contributed by atoms with van der Waals surface area (Å²) in [4.78, 5) is 0. The summed E-state index contributed by atoms with van der Waals surface area (Å²) in [6, 6.07) is 2.11. The molecule has 0 unspecified atom stereocenters. The van der Waals surface area contributed by atoms with Crippen LogP contribution in [0.25, 0.3) is 0 Å². The van der Waals surface area contributed by atoms with Crippen molar-refractivity contribution in [2.24, 2.45) is 5.92 Å². The van der Waals surface area contributed by atoms with Crippen molar-refractivity contribution in [2.45, 2.75) is 70.3 Å². The van der Waals surface area contributed by atoms with Crippen LogP contribution in [0.2, 0.25) is 0 Å². The van der Waals surface area contributed by atoms with Crippen LogP contribution in [0.5, 0.6) is 0 Å². The minimum Gasteiger partial charge on any atom is -0.377 e. The third-order valence-corrected chi connectivity index (χ3v) is 5.06. The van der Waals surface area contributed by atoms with E-state index in [1.807, 2.05) is 0 Å². The Bertz CT molecular complexity index is 480. The van der Waals surface area contributed by atoms with E-state index in [1.54, 1.807) is 0 Å². The number of nitrogens with one attached hydrogen (secondary N) is 1. The summed E-state index contributed by atoms with van der Waals surface area (Å²) < 4.78 is 11.0. The van der Waals surface area contributed by atoms with Crippen molar-refractivity contribution in [1.82, 2.24) is 10.5 Å². The minimum absolute atomic E-state index is 0.0179. The maximum absolute atomic E-state index is 5.52. The van der Waals surface area contributed by atoms with E-state index >= 15 is 0 Å². The third-order valence-electron chi connectivity index (χ3n) is 5.06. The summed E-state index contributed by atoms with van der Waals surface area (Å²) in [5.74, 6) is 1.80. The first-order valence-electron chi connectivity index (χ1n) is 8.76. The quantitative estimate of drug-likeness (QED) is 0.905. The van der Waals surface area contributed by atoms with Crippen molar-refractivity contribution in [3.8, 4) is 0 Å². The Morgan fingerprint density at radius 1 is 1.23 bits per heavy atom. The average molecular weight is 306 g/mol. The lowest BCUT2D eigenvalue weighted by Crippen LogP contribution is -2.62. The molecule has 0 spiro atoms. The van der Waals surface area contributed by atoms with Gasteiger partial charge in [0.1, 0.15) is 5.76 Å². The average Bonchev–Trinajstić information content (AvgIpc) is 2.91. The normalized spacial score (nSPS) is 22.5. The van der Waals surface area contributed by atoms with Crippen LogP contribution < -0.4 is 5.32 Å². The molecule has 1 aromatic heterocycles. The molecular formula is C18H30N2O2. The van der Waals surface area contributed by atoms with E-state index in [0.29, 0.717) is 0 Å². The van der Waals surface area contributed by atoms with E-state index < -0.39 is 0 Å². The Morgan fingerprint density at radius 3 is 2.50 bits per heavy atom. The first-order valence-corrected chi connectivity index (χ1v) is 8.76. The monoisotopic (exact) mass is 306 g/mol. The number of nitrogens with zero attached hydrogens (tertiary/aromatic N) is 1. The van der Waals surface area contributed by atoms with Crippen molar-refractivity contribution in [1.29, 1.82) is 0 Å². The molecule has 1 saturated heterocycles. The largest absolute Gasteiger partial charge is 0.377 e. The number of rotatable bonds is 5. The molecular weight excluding hydrogens is 276 g/mol. The second-order valence-corrected chi connectivity index (χ2v) is 8.27. The Morgan fingerprint density at radius 2 is 1.95 bits per heavy atom. The van der Waals surface area contributed by atoms with E-state index in [0.717, 1.165) is 43.6 Å². The van der Waals surface area contributed by atoms with E-state index in [4.69, 9.17) is 9.26 Å². The van der Waals surface area contributed by atoms with E-state index in [9.17, 15) is 0 Å². The van der Waals surface area contributed by atoms with Crippen LogP contribution in [-0.2, 0) is 16.6 Å². The fourth-order valence-electron chi connectivity index (χ4n) is 3.46. The first-order chi connectivity index (χ1) is 10.5. The summed E-state index contributed by atoms with van der Waals surface area (Å²) in [6.45, 7) is 9.16. The Balaban J connectivity index is 1.57. The zero-order chi connectivity index (χ0) is 15.6. The van der Waals surface area contributed by atoms with Gasteiger partial charge < -0.3 is 14.6 Å². The molecule has 1 aliphatic heterocycles. The molecule has 2 heterocycles. The Labute approximate surface area is 134 Å². The smallest absolute Gasteiger partial charge is 0.142 e. The molecule has 4 nitrogen and oxygen atoms in total. The van der Waals surface area contributed by atoms with E-state index in [2.05, 4.69) is 37.3 Å². The van der Waals surface area contributed by atoms with Gasteiger partial charge in [-0.1, -0.05) is 45.2 Å². The predicted octanol–water partition coefficient (Wildman–Crippen LogP) is 3.45. The van der Waals surface area contributed by atoms with Gasteiger partial charge >= 0.3 is 0 Å². The zero-order valence-electron chi connectivity index (χ0n) is 14.3. The fourth-order valence-corrected chi connectivity index (χ4v) is 3.46. The molecule has 1 aliphatic carbocycles. The lowest BCUT2D eigenvalue weighted by atomic mass is 9.86. The number of hydrogen-bond donors (Lipinski definition) is 1. The second-order valence-electron chi connectivity index (χ2n) is 8.27. The molecule has 22 heavy (non-hydrogen) atoms. The molecule has 1 N–H and O–H groups in total. The highest BCUT2D eigenvalue weighted by atomic mass is 16.5. The molecule has 0 radical (unpaired) electrons. The van der Waals surface area contributed by atoms with Gasteiger partial charge in [-0.05, 0) is 25.3 Å². The number of ether oxygens (including phenoxy) is 1. The Hall–Kier alpha value is -0.870. The summed E-state index contributed by atoms with van der Waals surface area (Å²) in [7, 11) is 0. The van der Waals surface area contributed by atoms with Gasteiger partial charge in [-0.25, -0.2) is 0 Å². The summed E-state index contributed by atoms with van der Waals surface area (Å²) >= 11 is 0. The van der Waals surface area contributed by atoms with Crippen molar-refractivity contribution in [3.63, 3.8) is 0 Å². The van der Waals surface area contributed by atoms with Crippen molar-refractivity contribution in [2.75, 3.05) is 19.8 Å². The van der Waals surface area contributed by atoms with Gasteiger partial charge in [0.15, 0.2) is 0 Å². The fraction of sp³-hybridized carbons (Fsp3) is 0.833. The molecule has 2 fully saturated rings. The van der Waals surface area contributed by atoms with Crippen LogP contribution >= 0.6 is 0 Å². The van der Waals surface area contributed by atoms with Gasteiger partial charge in [-0.2, -0.15) is 0 Å². The SMILES string of the molecule is CC(C)(C)c1cc(CC2(NCC3CCCCC3)COC2)no1. The molecule has 0 atom stereocenters. The van der Waals surface area contributed by atoms with Crippen molar-refractivity contribution >= 4 is 0 Å². The highest BCUT2D eigenvalue weighted by Gasteiger charge is 2.40. The van der Waals surface area contributed by atoms with Gasteiger partial charge in [0.25, 0.3) is 0 Å². The van der Waals surface area contributed by atoms with Gasteiger partial charge in [0, 0.05) is 17.9 Å². The first kappa shape index (κ1) is 16.0. The van der Waals surface area contributed by atoms with Gasteiger partial charge in [-0.3, -0.25) is 0 Å². The van der Waals surface area contributed by atoms with Crippen LogP contribution in [-0.4, -0.2) is 30.5 Å². The van der Waals surface area contributed by atoms with Crippen LogP contribution in [0.3, 0.4) is 0 Å². The second kappa shape index (κ2) is 6.32. The zero-order valence-corrected chi connectivity index (χ0v) is 14.3. The Kier molecular flexibility index (Phi) is 4.60. The van der Waals surface area contributed by atoms with Crippen LogP contribution in [0.15, 0.2) is 10.6 Å². The van der Waals surface area contributed by atoms with Gasteiger partial charge in [-0.15, -0.1) is 0 Å². The molecule has 1 aromatic rings. The molecule has 4 heteroatoms. The van der Waals surface area contributed by atoms with E-state index in [1.165, 1.54) is 32.1 Å². The van der Waals surface area contributed by atoms with Gasteiger partial charge in [0.05, 0.1) is 24.4 Å². The lowest BCUT2D eigenvalue weighted by Gasteiger charge is -2.43. The highest BCUT2D eigenvalue weighted by Crippen LogP contribution is 2.28. The topological polar surface area (TPSA) is 47.3 Å². The molecule has 1 saturated carbocycles. The summed E-state index contributed by atoms with van der Waals surface area (Å²) in [5, 5.41) is 8.07. The molecule has 0 amide bonds. The molecule has 2 aliphatic rings. The van der Waals surface area contributed by atoms with Gasteiger partial charge in [0.2, 0.25) is 0 Å². The summed E-state index contributed by atoms with van der Waals surface area (Å²) in [6.07, 6.45) is 7.87. The minimum atomic E-state index is 0.0179. The standard InChI is InChI=1S/C18H30N2O2/c1-17(2,3)16-9-15(20-22-16)10-18(12-21-13-18)19-11-14-7-5-4-6-8-14/h9,14,19H,4-8,10-13H2,1-3H3. The maximum atomic E-state index is 5.52. The number of hydrogen-bond acceptors (Lipinski definition) is 4. The van der Waals surface area contributed by atoms with Crippen molar-refractivity contribution < 1.29 is 9.26 Å². The molecule has 124 valence electrons. The molecule has 3 rings (SSSR count). The lowest BCUT2D eigenvalue weighted by molar-refractivity contribution is -0.0764.